The van der Waals surface area contributed by atoms with Crippen LogP contribution < -0.4 is 0 Å². The molecule has 1 heterocycles. The van der Waals surface area contributed by atoms with Crippen LogP contribution in [0, 0.1) is 0 Å². The molecule has 0 radical (unpaired) electrons. The first-order chi connectivity index (χ1) is 6.81. The smallest absolute Gasteiger partial charge is 0.172 e. The summed E-state index contributed by atoms with van der Waals surface area (Å²) in [5, 5.41) is 13.3. The van der Waals surface area contributed by atoms with Crippen molar-refractivity contribution in [1.29, 1.82) is 0 Å². The largest absolute Gasteiger partial charge is 0.391 e. The van der Waals surface area contributed by atoms with E-state index in [0.29, 0.717) is 16.3 Å². The molecule has 0 saturated heterocycles. The summed E-state index contributed by atoms with van der Waals surface area (Å²) < 4.78 is 5.03. The van der Waals surface area contributed by atoms with Gasteiger partial charge in [-0.2, -0.15) is 0 Å². The second-order valence-corrected chi connectivity index (χ2v) is 3.29. The highest BCUT2D eigenvalue weighted by Gasteiger charge is 2.09. The van der Waals surface area contributed by atoms with E-state index < -0.39 is 0 Å². The van der Waals surface area contributed by atoms with Crippen molar-refractivity contribution in [3.8, 4) is 11.3 Å². The summed E-state index contributed by atoms with van der Waals surface area (Å²) in [4.78, 5) is 0. The lowest BCUT2D eigenvalue weighted by Gasteiger charge is -1.98. The van der Waals surface area contributed by atoms with Crippen molar-refractivity contribution in [2.24, 2.45) is 0 Å². The highest BCUT2D eigenvalue weighted by Crippen LogP contribution is 2.25. The van der Waals surface area contributed by atoms with Crippen LogP contribution in [0.25, 0.3) is 11.3 Å². The lowest BCUT2D eigenvalue weighted by atomic mass is 10.1. The zero-order valence-corrected chi connectivity index (χ0v) is 8.03. The Kier molecular flexibility index (Phi) is 2.52. The number of aliphatic hydroxyl groups excluding tert-OH is 1. The first-order valence-corrected chi connectivity index (χ1v) is 4.49. The lowest BCUT2D eigenvalue weighted by molar-refractivity contribution is 0.281. The summed E-state index contributed by atoms with van der Waals surface area (Å²) in [7, 11) is 0. The molecule has 2 rings (SSSR count). The van der Waals surface area contributed by atoms with E-state index in [9.17, 15) is 0 Å². The fourth-order valence-electron chi connectivity index (χ4n) is 1.24. The van der Waals surface area contributed by atoms with Gasteiger partial charge >= 0.3 is 0 Å². The standard InChI is InChI=1S/C10H8ClNO2/c11-9-3-1-2-7(4-9)10-8(6-13)5-12-14-10/h1-5,13H,6H2. The maximum atomic E-state index is 9.00. The highest BCUT2D eigenvalue weighted by molar-refractivity contribution is 6.30. The fraction of sp³-hybridized carbons (Fsp3) is 0.100. The van der Waals surface area contributed by atoms with Gasteiger partial charge in [0.25, 0.3) is 0 Å². The Morgan fingerprint density at radius 1 is 1.43 bits per heavy atom. The number of aromatic nitrogens is 1. The van der Waals surface area contributed by atoms with Crippen LogP contribution in [0.15, 0.2) is 35.0 Å². The van der Waals surface area contributed by atoms with E-state index in [2.05, 4.69) is 5.16 Å². The van der Waals surface area contributed by atoms with Gasteiger partial charge < -0.3 is 9.63 Å². The van der Waals surface area contributed by atoms with E-state index >= 15 is 0 Å². The molecule has 14 heavy (non-hydrogen) atoms. The van der Waals surface area contributed by atoms with Gasteiger partial charge in [-0.05, 0) is 12.1 Å². The molecule has 0 atom stereocenters. The zero-order chi connectivity index (χ0) is 9.97. The molecule has 0 aliphatic rings. The van der Waals surface area contributed by atoms with Crippen LogP contribution >= 0.6 is 11.6 Å². The molecule has 0 spiro atoms. The molecule has 0 fully saturated rings. The van der Waals surface area contributed by atoms with Gasteiger partial charge in [-0.25, -0.2) is 0 Å². The second-order valence-electron chi connectivity index (χ2n) is 2.85. The van der Waals surface area contributed by atoms with E-state index in [-0.39, 0.29) is 6.61 Å². The Morgan fingerprint density at radius 3 is 3.00 bits per heavy atom. The first kappa shape index (κ1) is 9.24. The van der Waals surface area contributed by atoms with Crippen LogP contribution in [0.2, 0.25) is 5.02 Å². The van der Waals surface area contributed by atoms with E-state index in [0.717, 1.165) is 5.56 Å². The van der Waals surface area contributed by atoms with Gasteiger partial charge in [0.1, 0.15) is 0 Å². The molecule has 0 aliphatic heterocycles. The molecule has 3 nitrogen and oxygen atoms in total. The minimum atomic E-state index is -0.0919. The van der Waals surface area contributed by atoms with Gasteiger partial charge in [-0.1, -0.05) is 28.9 Å². The van der Waals surface area contributed by atoms with Crippen molar-refractivity contribution >= 4 is 11.6 Å². The van der Waals surface area contributed by atoms with Gasteiger partial charge in [0, 0.05) is 16.1 Å². The molecular weight excluding hydrogens is 202 g/mol. The maximum absolute atomic E-state index is 9.00. The molecule has 2 aromatic rings. The van der Waals surface area contributed by atoms with Crippen molar-refractivity contribution in [1.82, 2.24) is 5.16 Å². The van der Waals surface area contributed by atoms with E-state index in [1.165, 1.54) is 6.20 Å². The summed E-state index contributed by atoms with van der Waals surface area (Å²) in [5.74, 6) is 0.565. The van der Waals surface area contributed by atoms with Gasteiger partial charge in [0.2, 0.25) is 0 Å². The summed E-state index contributed by atoms with van der Waals surface area (Å²) in [6, 6.07) is 7.22. The van der Waals surface area contributed by atoms with E-state index in [4.69, 9.17) is 21.2 Å². The first-order valence-electron chi connectivity index (χ1n) is 4.11. The van der Waals surface area contributed by atoms with E-state index in [1.54, 1.807) is 12.1 Å². The van der Waals surface area contributed by atoms with Crippen molar-refractivity contribution in [3.63, 3.8) is 0 Å². The predicted octanol–water partition coefficient (Wildman–Crippen LogP) is 2.49. The van der Waals surface area contributed by atoms with Crippen LogP contribution in [-0.2, 0) is 6.61 Å². The summed E-state index contributed by atoms with van der Waals surface area (Å²) >= 11 is 5.83. The number of hydrogen-bond acceptors (Lipinski definition) is 3. The van der Waals surface area contributed by atoms with Crippen LogP contribution in [0.5, 0.6) is 0 Å². The molecule has 72 valence electrons. The number of nitrogens with zero attached hydrogens (tertiary/aromatic N) is 1. The average Bonchev–Trinajstić information content (AvgIpc) is 2.65. The zero-order valence-electron chi connectivity index (χ0n) is 7.27. The molecule has 0 unspecified atom stereocenters. The third-order valence-corrected chi connectivity index (χ3v) is 2.14. The lowest BCUT2D eigenvalue weighted by Crippen LogP contribution is -1.83. The van der Waals surface area contributed by atoms with Crippen LogP contribution in [-0.4, -0.2) is 10.3 Å². The number of aliphatic hydroxyl groups is 1. The van der Waals surface area contributed by atoms with Crippen molar-refractivity contribution in [2.75, 3.05) is 0 Å². The number of hydrogen-bond donors (Lipinski definition) is 1. The summed E-state index contributed by atoms with van der Waals surface area (Å²) in [6.07, 6.45) is 1.50. The quantitative estimate of drug-likeness (QED) is 0.827. The molecule has 0 saturated carbocycles. The van der Waals surface area contributed by atoms with Crippen molar-refractivity contribution < 1.29 is 9.63 Å². The molecule has 4 heteroatoms. The third-order valence-electron chi connectivity index (χ3n) is 1.90. The van der Waals surface area contributed by atoms with Crippen LogP contribution in [0.3, 0.4) is 0 Å². The highest BCUT2D eigenvalue weighted by atomic mass is 35.5. The number of benzene rings is 1. The Labute approximate surface area is 85.9 Å². The van der Waals surface area contributed by atoms with Crippen LogP contribution in [0.1, 0.15) is 5.56 Å². The number of halogens is 1. The monoisotopic (exact) mass is 209 g/mol. The normalized spacial score (nSPS) is 10.4. The third kappa shape index (κ3) is 1.64. The SMILES string of the molecule is OCc1cnoc1-c1cccc(Cl)c1. The van der Waals surface area contributed by atoms with Gasteiger partial charge in [0.05, 0.1) is 12.8 Å². The fourth-order valence-corrected chi connectivity index (χ4v) is 1.43. The second kappa shape index (κ2) is 3.82. The van der Waals surface area contributed by atoms with Gasteiger partial charge in [-0.15, -0.1) is 0 Å². The maximum Gasteiger partial charge on any atom is 0.172 e. The van der Waals surface area contributed by atoms with Gasteiger partial charge in [-0.3, -0.25) is 0 Å². The summed E-state index contributed by atoms with van der Waals surface area (Å²) in [5.41, 5.74) is 1.48. The average molecular weight is 210 g/mol. The minimum Gasteiger partial charge on any atom is -0.391 e. The van der Waals surface area contributed by atoms with Crippen molar-refractivity contribution in [3.05, 3.63) is 41.0 Å². The van der Waals surface area contributed by atoms with Gasteiger partial charge in [0.15, 0.2) is 5.76 Å². The molecule has 1 N–H and O–H groups in total. The topological polar surface area (TPSA) is 46.3 Å². The Hall–Kier alpha value is -1.32. The molecule has 0 amide bonds. The number of rotatable bonds is 2. The Balaban J connectivity index is 2.49. The molecular formula is C10H8ClNO2. The summed E-state index contributed by atoms with van der Waals surface area (Å²) in [6.45, 7) is -0.0919. The molecule has 1 aromatic heterocycles. The Bertz CT molecular complexity index is 439. The molecule has 0 aliphatic carbocycles. The van der Waals surface area contributed by atoms with Crippen molar-refractivity contribution in [2.45, 2.75) is 6.61 Å². The van der Waals surface area contributed by atoms with E-state index in [1.807, 2.05) is 12.1 Å². The van der Waals surface area contributed by atoms with Crippen LogP contribution in [0.4, 0.5) is 0 Å². The molecule has 0 bridgehead atoms. The molecule has 1 aromatic carbocycles. The minimum absolute atomic E-state index is 0.0919. The Morgan fingerprint density at radius 2 is 2.29 bits per heavy atom. The predicted molar refractivity (Wildman–Crippen MR) is 52.9 cm³/mol.